The molecular weight excluding hydrogens is 344 g/mol. The Morgan fingerprint density at radius 1 is 1.53 bits per heavy atom. The smallest absolute Gasteiger partial charge is 0.240 e. The molecule has 0 aliphatic rings. The molecular formula is C9H8Br2N2OS. The normalized spacial score (nSPS) is 13.0. The SMILES string of the molecule is CCC(Br)c1nc(-c2ccc(Br)s2)no1. The third kappa shape index (κ3) is 2.49. The molecule has 2 rings (SSSR count). The fourth-order valence-corrected chi connectivity index (χ4v) is 2.57. The first kappa shape index (κ1) is 11.3. The molecule has 1 atom stereocenters. The maximum atomic E-state index is 5.16. The fraction of sp³-hybridized carbons (Fsp3) is 0.333. The maximum absolute atomic E-state index is 5.16. The highest BCUT2D eigenvalue weighted by molar-refractivity contribution is 9.11. The number of rotatable bonds is 3. The van der Waals surface area contributed by atoms with Crippen molar-refractivity contribution in [1.82, 2.24) is 10.1 Å². The summed E-state index contributed by atoms with van der Waals surface area (Å²) in [5.74, 6) is 1.29. The second-order valence-corrected chi connectivity index (χ2v) is 6.50. The maximum Gasteiger partial charge on any atom is 0.240 e. The third-order valence-corrected chi connectivity index (χ3v) is 4.52. The summed E-state index contributed by atoms with van der Waals surface area (Å²) < 4.78 is 6.23. The molecule has 2 aromatic rings. The van der Waals surface area contributed by atoms with E-state index in [4.69, 9.17) is 4.52 Å². The lowest BCUT2D eigenvalue weighted by Crippen LogP contribution is -1.86. The Labute approximate surface area is 108 Å². The molecule has 6 heteroatoms. The molecule has 1 unspecified atom stereocenters. The van der Waals surface area contributed by atoms with E-state index < -0.39 is 0 Å². The first-order valence-corrected chi connectivity index (χ1v) is 6.96. The highest BCUT2D eigenvalue weighted by atomic mass is 79.9. The zero-order chi connectivity index (χ0) is 10.8. The zero-order valence-electron chi connectivity index (χ0n) is 7.91. The molecule has 0 N–H and O–H groups in total. The molecule has 0 aliphatic carbocycles. The fourth-order valence-electron chi connectivity index (χ4n) is 1.07. The lowest BCUT2D eigenvalue weighted by Gasteiger charge is -1.96. The monoisotopic (exact) mass is 350 g/mol. The average Bonchev–Trinajstić information content (AvgIpc) is 2.84. The number of hydrogen-bond donors (Lipinski definition) is 0. The molecule has 0 aromatic carbocycles. The Bertz CT molecular complexity index is 454. The topological polar surface area (TPSA) is 38.9 Å². The first-order chi connectivity index (χ1) is 7.20. The minimum atomic E-state index is 0.141. The molecule has 0 amide bonds. The van der Waals surface area contributed by atoms with Gasteiger partial charge in [0.2, 0.25) is 11.7 Å². The van der Waals surface area contributed by atoms with Crippen molar-refractivity contribution < 1.29 is 4.52 Å². The van der Waals surface area contributed by atoms with Crippen LogP contribution < -0.4 is 0 Å². The van der Waals surface area contributed by atoms with Crippen LogP contribution in [0.4, 0.5) is 0 Å². The molecule has 15 heavy (non-hydrogen) atoms. The molecule has 2 heterocycles. The van der Waals surface area contributed by atoms with Crippen LogP contribution in [0.3, 0.4) is 0 Å². The van der Waals surface area contributed by atoms with Gasteiger partial charge in [0.15, 0.2) is 0 Å². The minimum Gasteiger partial charge on any atom is -0.338 e. The van der Waals surface area contributed by atoms with Gasteiger partial charge in [-0.3, -0.25) is 0 Å². The average molecular weight is 352 g/mol. The second kappa shape index (κ2) is 4.76. The number of halogens is 2. The van der Waals surface area contributed by atoms with E-state index in [1.54, 1.807) is 11.3 Å². The van der Waals surface area contributed by atoms with Crippen molar-refractivity contribution in [3.63, 3.8) is 0 Å². The van der Waals surface area contributed by atoms with E-state index in [2.05, 4.69) is 48.9 Å². The van der Waals surface area contributed by atoms with Crippen LogP contribution in [-0.2, 0) is 0 Å². The summed E-state index contributed by atoms with van der Waals surface area (Å²) >= 11 is 8.47. The molecule has 2 aromatic heterocycles. The second-order valence-electron chi connectivity index (χ2n) is 2.94. The van der Waals surface area contributed by atoms with Crippen LogP contribution >= 0.6 is 43.2 Å². The van der Waals surface area contributed by atoms with Gasteiger partial charge >= 0.3 is 0 Å². The Hall–Kier alpha value is -0.200. The first-order valence-electron chi connectivity index (χ1n) is 4.44. The molecule has 0 fully saturated rings. The van der Waals surface area contributed by atoms with Crippen LogP contribution in [0.2, 0.25) is 0 Å². The van der Waals surface area contributed by atoms with Crippen molar-refractivity contribution in [2.75, 3.05) is 0 Å². The van der Waals surface area contributed by atoms with E-state index in [1.807, 2.05) is 12.1 Å². The Morgan fingerprint density at radius 3 is 2.93 bits per heavy atom. The van der Waals surface area contributed by atoms with Crippen LogP contribution in [0.25, 0.3) is 10.7 Å². The molecule has 0 saturated heterocycles. The Balaban J connectivity index is 2.27. The van der Waals surface area contributed by atoms with E-state index in [0.717, 1.165) is 15.1 Å². The lowest BCUT2D eigenvalue weighted by molar-refractivity contribution is 0.377. The van der Waals surface area contributed by atoms with Gasteiger partial charge in [-0.25, -0.2) is 0 Å². The summed E-state index contributed by atoms with van der Waals surface area (Å²) in [5, 5.41) is 3.94. The van der Waals surface area contributed by atoms with E-state index in [-0.39, 0.29) is 4.83 Å². The molecule has 0 spiro atoms. The van der Waals surface area contributed by atoms with Gasteiger partial charge in [0.25, 0.3) is 0 Å². The molecule has 3 nitrogen and oxygen atoms in total. The zero-order valence-corrected chi connectivity index (χ0v) is 11.9. The number of alkyl halides is 1. The van der Waals surface area contributed by atoms with Crippen LogP contribution in [-0.4, -0.2) is 10.1 Å². The van der Waals surface area contributed by atoms with Gasteiger partial charge in [0.1, 0.15) is 0 Å². The van der Waals surface area contributed by atoms with Gasteiger partial charge < -0.3 is 4.52 Å². The summed E-state index contributed by atoms with van der Waals surface area (Å²) in [4.78, 5) is 5.48. The summed E-state index contributed by atoms with van der Waals surface area (Å²) in [6.07, 6.45) is 0.926. The number of hydrogen-bond acceptors (Lipinski definition) is 4. The van der Waals surface area contributed by atoms with E-state index in [9.17, 15) is 0 Å². The standard InChI is InChI=1S/C9H8Br2N2OS/c1-2-5(10)9-12-8(13-14-9)6-3-4-7(11)15-6/h3-5H,2H2,1H3. The summed E-state index contributed by atoms with van der Waals surface area (Å²) in [6, 6.07) is 3.94. The predicted molar refractivity (Wildman–Crippen MR) is 67.3 cm³/mol. The highest BCUT2D eigenvalue weighted by Crippen LogP contribution is 2.31. The minimum absolute atomic E-state index is 0.141. The van der Waals surface area contributed by atoms with Gasteiger partial charge in [0.05, 0.1) is 13.5 Å². The van der Waals surface area contributed by atoms with Gasteiger partial charge in [0, 0.05) is 0 Å². The van der Waals surface area contributed by atoms with Crippen molar-refractivity contribution in [3.8, 4) is 10.7 Å². The van der Waals surface area contributed by atoms with Crippen molar-refractivity contribution in [1.29, 1.82) is 0 Å². The van der Waals surface area contributed by atoms with Gasteiger partial charge in [-0.05, 0) is 34.5 Å². The quantitative estimate of drug-likeness (QED) is 0.769. The molecule has 80 valence electrons. The highest BCUT2D eigenvalue weighted by Gasteiger charge is 2.15. The van der Waals surface area contributed by atoms with E-state index in [0.29, 0.717) is 11.7 Å². The molecule has 0 radical (unpaired) electrons. The van der Waals surface area contributed by atoms with Crippen LogP contribution in [0.15, 0.2) is 20.4 Å². The molecule has 0 bridgehead atoms. The number of aromatic nitrogens is 2. The van der Waals surface area contributed by atoms with Crippen molar-refractivity contribution in [2.45, 2.75) is 18.2 Å². The lowest BCUT2D eigenvalue weighted by atomic mass is 10.3. The Morgan fingerprint density at radius 2 is 2.33 bits per heavy atom. The van der Waals surface area contributed by atoms with Crippen LogP contribution in [0.5, 0.6) is 0 Å². The van der Waals surface area contributed by atoms with Gasteiger partial charge in [-0.1, -0.05) is 28.0 Å². The summed E-state index contributed by atoms with van der Waals surface area (Å²) in [5.41, 5.74) is 0. The van der Waals surface area contributed by atoms with E-state index >= 15 is 0 Å². The van der Waals surface area contributed by atoms with Crippen LogP contribution in [0, 0.1) is 0 Å². The van der Waals surface area contributed by atoms with E-state index in [1.165, 1.54) is 0 Å². The number of nitrogens with zero attached hydrogens (tertiary/aromatic N) is 2. The van der Waals surface area contributed by atoms with Crippen molar-refractivity contribution >= 4 is 43.2 Å². The number of thiophene rings is 1. The summed E-state index contributed by atoms with van der Waals surface area (Å²) in [7, 11) is 0. The van der Waals surface area contributed by atoms with Gasteiger partial charge in [-0.15, -0.1) is 11.3 Å². The molecule has 0 saturated carbocycles. The summed E-state index contributed by atoms with van der Waals surface area (Å²) in [6.45, 7) is 2.06. The predicted octanol–water partition coefficient (Wildman–Crippen LogP) is 4.41. The Kier molecular flexibility index (Phi) is 3.58. The molecule has 0 aliphatic heterocycles. The van der Waals surface area contributed by atoms with Crippen molar-refractivity contribution in [2.24, 2.45) is 0 Å². The van der Waals surface area contributed by atoms with Gasteiger partial charge in [-0.2, -0.15) is 4.98 Å². The third-order valence-electron chi connectivity index (χ3n) is 1.86. The van der Waals surface area contributed by atoms with Crippen LogP contribution in [0.1, 0.15) is 24.1 Å². The van der Waals surface area contributed by atoms with Crippen molar-refractivity contribution in [3.05, 3.63) is 21.8 Å². The largest absolute Gasteiger partial charge is 0.338 e.